The fourth-order valence-electron chi connectivity index (χ4n) is 2.59. The first kappa shape index (κ1) is 15.3. The Kier molecular flexibility index (Phi) is 3.71. The van der Waals surface area contributed by atoms with Gasteiger partial charge >= 0.3 is 12.1 Å². The normalized spacial score (nSPS) is 20.1. The van der Waals surface area contributed by atoms with E-state index in [0.29, 0.717) is 18.7 Å². The second-order valence-corrected chi connectivity index (χ2v) is 5.43. The zero-order valence-electron chi connectivity index (χ0n) is 11.9. The van der Waals surface area contributed by atoms with Gasteiger partial charge in [-0.2, -0.15) is 18.3 Å². The van der Waals surface area contributed by atoms with Gasteiger partial charge in [-0.25, -0.2) is 4.79 Å². The van der Waals surface area contributed by atoms with E-state index in [-0.39, 0.29) is 11.5 Å². The second-order valence-electron chi connectivity index (χ2n) is 5.43. The molecule has 0 bridgehead atoms. The number of benzene rings is 1. The number of carboxylic acid groups (broad SMARTS) is 1. The van der Waals surface area contributed by atoms with Gasteiger partial charge in [0.2, 0.25) is 0 Å². The van der Waals surface area contributed by atoms with Crippen molar-refractivity contribution in [3.05, 3.63) is 59.2 Å². The summed E-state index contributed by atoms with van der Waals surface area (Å²) < 4.78 is 37.6. The maximum atomic E-state index is 12.5. The summed E-state index contributed by atoms with van der Waals surface area (Å²) in [6.45, 7) is 0.889. The maximum Gasteiger partial charge on any atom is 0.416 e. The molecule has 0 saturated heterocycles. The lowest BCUT2D eigenvalue weighted by molar-refractivity contribution is -0.137. The van der Waals surface area contributed by atoms with Gasteiger partial charge in [0.05, 0.1) is 23.4 Å². The fourth-order valence-corrected chi connectivity index (χ4v) is 2.59. The Morgan fingerprint density at radius 2 is 1.96 bits per heavy atom. The first-order chi connectivity index (χ1) is 10.8. The Hall–Kier alpha value is -2.57. The number of fused-ring (bicyclic) bond motifs is 1. The lowest BCUT2D eigenvalue weighted by Crippen LogP contribution is -2.20. The van der Waals surface area contributed by atoms with Crippen molar-refractivity contribution in [2.75, 3.05) is 6.54 Å². The van der Waals surface area contributed by atoms with E-state index in [1.165, 1.54) is 18.2 Å². The van der Waals surface area contributed by atoms with Crippen molar-refractivity contribution in [2.24, 2.45) is 11.0 Å². The molecule has 3 rings (SSSR count). The van der Waals surface area contributed by atoms with E-state index >= 15 is 0 Å². The van der Waals surface area contributed by atoms with E-state index in [0.717, 1.165) is 17.8 Å². The molecule has 1 aliphatic carbocycles. The molecule has 1 aromatic rings. The van der Waals surface area contributed by atoms with Gasteiger partial charge < -0.3 is 5.11 Å². The average Bonchev–Trinajstić information content (AvgIpc) is 2.87. The highest BCUT2D eigenvalue weighted by Gasteiger charge is 2.30. The van der Waals surface area contributed by atoms with Gasteiger partial charge in [-0.3, -0.25) is 5.01 Å². The molecule has 120 valence electrons. The monoisotopic (exact) mass is 322 g/mol. The molecule has 2 aliphatic rings. The van der Waals surface area contributed by atoms with E-state index in [4.69, 9.17) is 5.11 Å². The predicted molar refractivity (Wildman–Crippen MR) is 77.6 cm³/mol. The number of hydrazone groups is 1. The summed E-state index contributed by atoms with van der Waals surface area (Å²) in [6, 6.07) is 4.96. The molecule has 0 aromatic heterocycles. The van der Waals surface area contributed by atoms with Gasteiger partial charge in [0.1, 0.15) is 0 Å². The van der Waals surface area contributed by atoms with Crippen LogP contribution in [0.3, 0.4) is 0 Å². The molecule has 0 radical (unpaired) electrons. The Balaban J connectivity index is 1.69. The smallest absolute Gasteiger partial charge is 0.416 e. The van der Waals surface area contributed by atoms with E-state index in [1.54, 1.807) is 17.2 Å². The highest BCUT2D eigenvalue weighted by Crippen LogP contribution is 2.29. The molecule has 0 saturated carbocycles. The fraction of sp³-hybridized carbons (Fsp3) is 0.250. The summed E-state index contributed by atoms with van der Waals surface area (Å²) >= 11 is 0. The van der Waals surface area contributed by atoms with E-state index in [9.17, 15) is 18.0 Å². The highest BCUT2D eigenvalue weighted by molar-refractivity contribution is 6.04. The summed E-state index contributed by atoms with van der Waals surface area (Å²) in [5.41, 5.74) is 1.03. The van der Waals surface area contributed by atoms with Gasteiger partial charge in [0, 0.05) is 12.5 Å². The molecule has 1 aliphatic heterocycles. The van der Waals surface area contributed by atoms with Crippen LogP contribution < -0.4 is 0 Å². The summed E-state index contributed by atoms with van der Waals surface area (Å²) in [6.07, 6.45) is 0.470. The zero-order chi connectivity index (χ0) is 16.6. The first-order valence-electron chi connectivity index (χ1n) is 6.96. The molecule has 0 spiro atoms. The predicted octanol–water partition coefficient (Wildman–Crippen LogP) is 3.07. The van der Waals surface area contributed by atoms with E-state index in [1.807, 2.05) is 0 Å². The number of alkyl halides is 3. The molecule has 1 aromatic carbocycles. The van der Waals surface area contributed by atoms with Gasteiger partial charge in [-0.1, -0.05) is 18.2 Å². The van der Waals surface area contributed by atoms with Crippen LogP contribution in [0.5, 0.6) is 0 Å². The molecular formula is C16H13F3N2O2. The van der Waals surface area contributed by atoms with Crippen LogP contribution in [0.4, 0.5) is 13.2 Å². The van der Waals surface area contributed by atoms with Crippen molar-refractivity contribution in [2.45, 2.75) is 12.7 Å². The number of hydrogen-bond donors (Lipinski definition) is 1. The molecular weight excluding hydrogens is 309 g/mol. The minimum atomic E-state index is -4.34. The topological polar surface area (TPSA) is 52.9 Å². The van der Waals surface area contributed by atoms with Crippen molar-refractivity contribution >= 4 is 11.7 Å². The molecule has 1 atom stereocenters. The second kappa shape index (κ2) is 5.57. The lowest BCUT2D eigenvalue weighted by Gasteiger charge is -2.16. The highest BCUT2D eigenvalue weighted by atomic mass is 19.4. The minimum Gasteiger partial charge on any atom is -0.478 e. The lowest BCUT2D eigenvalue weighted by atomic mass is 9.95. The zero-order valence-corrected chi connectivity index (χ0v) is 11.9. The van der Waals surface area contributed by atoms with E-state index < -0.39 is 17.7 Å². The largest absolute Gasteiger partial charge is 0.478 e. The Morgan fingerprint density at radius 1 is 1.26 bits per heavy atom. The number of aliphatic carboxylic acids is 1. The molecule has 4 nitrogen and oxygen atoms in total. The standard InChI is InChI=1S/C16H13F3N2O2/c17-16(18,19)13-4-1-10(2-5-13)8-21-9-12-7-11(15(22)23)3-6-14(12)20-21/h1-7,12H,8-9H2,(H,22,23). The van der Waals surface area contributed by atoms with Gasteiger partial charge in [0.15, 0.2) is 0 Å². The Bertz CT molecular complexity index is 718. The molecule has 7 heteroatoms. The van der Waals surface area contributed by atoms with Crippen LogP contribution in [0.25, 0.3) is 0 Å². The van der Waals surface area contributed by atoms with Crippen LogP contribution in [0.15, 0.2) is 53.2 Å². The third-order valence-corrected chi connectivity index (χ3v) is 3.75. The third kappa shape index (κ3) is 3.28. The van der Waals surface area contributed by atoms with Crippen molar-refractivity contribution in [1.82, 2.24) is 5.01 Å². The first-order valence-corrected chi connectivity index (χ1v) is 6.96. The van der Waals surface area contributed by atoms with Crippen LogP contribution in [-0.4, -0.2) is 28.3 Å². The summed E-state index contributed by atoms with van der Waals surface area (Å²) in [5, 5.41) is 15.1. The molecule has 0 fully saturated rings. The summed E-state index contributed by atoms with van der Waals surface area (Å²) in [4.78, 5) is 11.0. The van der Waals surface area contributed by atoms with Crippen molar-refractivity contribution in [1.29, 1.82) is 0 Å². The van der Waals surface area contributed by atoms with Crippen molar-refractivity contribution < 1.29 is 23.1 Å². The van der Waals surface area contributed by atoms with Gasteiger partial charge in [-0.05, 0) is 29.8 Å². The van der Waals surface area contributed by atoms with Crippen LogP contribution in [0.1, 0.15) is 11.1 Å². The average molecular weight is 322 g/mol. The van der Waals surface area contributed by atoms with Crippen LogP contribution >= 0.6 is 0 Å². The number of nitrogens with zero attached hydrogens (tertiary/aromatic N) is 2. The molecule has 1 unspecified atom stereocenters. The molecule has 23 heavy (non-hydrogen) atoms. The number of allylic oxidation sites excluding steroid dienone is 1. The number of halogens is 3. The van der Waals surface area contributed by atoms with Crippen LogP contribution in [0, 0.1) is 5.92 Å². The quantitative estimate of drug-likeness (QED) is 0.930. The SMILES string of the molecule is O=C(O)C1=CC2CN(Cc3ccc(C(F)(F)F)cc3)N=C2C=C1. The minimum absolute atomic E-state index is 0.0967. The Labute approximate surface area is 130 Å². The van der Waals surface area contributed by atoms with Crippen molar-refractivity contribution in [3.8, 4) is 0 Å². The van der Waals surface area contributed by atoms with Gasteiger partial charge in [-0.15, -0.1) is 0 Å². The summed E-state index contributed by atoms with van der Waals surface area (Å²) in [5.74, 6) is -1.08. The Morgan fingerprint density at radius 3 is 2.57 bits per heavy atom. The number of carboxylic acids is 1. The number of carbonyl (C=O) groups is 1. The van der Waals surface area contributed by atoms with Crippen molar-refractivity contribution in [3.63, 3.8) is 0 Å². The molecule has 1 N–H and O–H groups in total. The number of rotatable bonds is 3. The molecule has 1 heterocycles. The summed E-state index contributed by atoms with van der Waals surface area (Å²) in [7, 11) is 0. The van der Waals surface area contributed by atoms with Gasteiger partial charge in [0.25, 0.3) is 0 Å². The van der Waals surface area contributed by atoms with Crippen LogP contribution in [0.2, 0.25) is 0 Å². The third-order valence-electron chi connectivity index (χ3n) is 3.75. The molecule has 0 amide bonds. The van der Waals surface area contributed by atoms with Crippen LogP contribution in [-0.2, 0) is 17.5 Å². The number of hydrogen-bond acceptors (Lipinski definition) is 3. The maximum absolute atomic E-state index is 12.5. The van der Waals surface area contributed by atoms with E-state index in [2.05, 4.69) is 5.10 Å².